The molecule has 1 aromatic rings. The number of rotatable bonds is 7. The van der Waals surface area contributed by atoms with Gasteiger partial charge in [-0.25, -0.2) is 4.79 Å². The predicted octanol–water partition coefficient (Wildman–Crippen LogP) is 1.68. The van der Waals surface area contributed by atoms with Gasteiger partial charge in [-0.2, -0.15) is 0 Å². The largest absolute Gasteiger partial charge is 0.465 e. The van der Waals surface area contributed by atoms with Gasteiger partial charge in [-0.05, 0) is 24.6 Å². The molecule has 100 valence electrons. The SMILES string of the molecule is CCCN(CCO)Cc1ccccc1C(=O)OC. The van der Waals surface area contributed by atoms with Gasteiger partial charge in [0.05, 0.1) is 19.3 Å². The average molecular weight is 251 g/mol. The van der Waals surface area contributed by atoms with Gasteiger partial charge in [0.25, 0.3) is 0 Å². The third kappa shape index (κ3) is 4.13. The molecule has 4 nitrogen and oxygen atoms in total. The number of hydrogen-bond donors (Lipinski definition) is 1. The van der Waals surface area contributed by atoms with Crippen LogP contribution in [0.5, 0.6) is 0 Å². The van der Waals surface area contributed by atoms with Crippen molar-refractivity contribution in [2.75, 3.05) is 26.8 Å². The van der Waals surface area contributed by atoms with E-state index in [9.17, 15) is 4.79 Å². The minimum Gasteiger partial charge on any atom is -0.465 e. The predicted molar refractivity (Wildman–Crippen MR) is 70.4 cm³/mol. The summed E-state index contributed by atoms with van der Waals surface area (Å²) in [6, 6.07) is 7.42. The summed E-state index contributed by atoms with van der Waals surface area (Å²) >= 11 is 0. The molecule has 0 aromatic heterocycles. The van der Waals surface area contributed by atoms with Gasteiger partial charge in [0.2, 0.25) is 0 Å². The zero-order valence-electron chi connectivity index (χ0n) is 11.1. The Kier molecular flexibility index (Phi) is 6.39. The Bertz CT molecular complexity index is 373. The molecule has 0 aliphatic heterocycles. The van der Waals surface area contributed by atoms with Crippen LogP contribution in [0.4, 0.5) is 0 Å². The summed E-state index contributed by atoms with van der Waals surface area (Å²) in [6.07, 6.45) is 1.01. The second-order valence-corrected chi connectivity index (χ2v) is 4.15. The number of nitrogens with zero attached hydrogens (tertiary/aromatic N) is 1. The molecule has 0 saturated carbocycles. The Morgan fingerprint density at radius 2 is 2.06 bits per heavy atom. The molecule has 1 N–H and O–H groups in total. The van der Waals surface area contributed by atoms with E-state index in [0.29, 0.717) is 18.7 Å². The molecule has 0 aliphatic rings. The Hall–Kier alpha value is -1.39. The molecule has 0 atom stereocenters. The van der Waals surface area contributed by atoms with Crippen LogP contribution in [0.25, 0.3) is 0 Å². The van der Waals surface area contributed by atoms with Gasteiger partial charge >= 0.3 is 5.97 Å². The fourth-order valence-electron chi connectivity index (χ4n) is 1.94. The van der Waals surface area contributed by atoms with Crippen molar-refractivity contribution in [3.8, 4) is 0 Å². The molecular formula is C14H21NO3. The summed E-state index contributed by atoms with van der Waals surface area (Å²) in [4.78, 5) is 13.8. The van der Waals surface area contributed by atoms with E-state index < -0.39 is 0 Å². The number of hydrogen-bond acceptors (Lipinski definition) is 4. The maximum Gasteiger partial charge on any atom is 0.338 e. The van der Waals surface area contributed by atoms with Gasteiger partial charge in [0.1, 0.15) is 0 Å². The number of benzene rings is 1. The summed E-state index contributed by atoms with van der Waals surface area (Å²) in [5, 5.41) is 9.03. The molecule has 1 rings (SSSR count). The zero-order chi connectivity index (χ0) is 13.4. The summed E-state index contributed by atoms with van der Waals surface area (Å²) in [6.45, 7) is 4.38. The zero-order valence-corrected chi connectivity index (χ0v) is 11.1. The topological polar surface area (TPSA) is 49.8 Å². The highest BCUT2D eigenvalue weighted by Crippen LogP contribution is 2.13. The maximum absolute atomic E-state index is 11.6. The molecule has 0 radical (unpaired) electrons. The van der Waals surface area contributed by atoms with Crippen molar-refractivity contribution in [3.63, 3.8) is 0 Å². The fraction of sp³-hybridized carbons (Fsp3) is 0.500. The number of esters is 1. The Balaban J connectivity index is 2.84. The number of methoxy groups -OCH3 is 1. The molecule has 0 spiro atoms. The second kappa shape index (κ2) is 7.84. The first-order valence-corrected chi connectivity index (χ1v) is 6.22. The van der Waals surface area contributed by atoms with Crippen LogP contribution in [-0.2, 0) is 11.3 Å². The number of carbonyl (C=O) groups is 1. The van der Waals surface area contributed by atoms with Gasteiger partial charge in [-0.1, -0.05) is 25.1 Å². The van der Waals surface area contributed by atoms with E-state index in [4.69, 9.17) is 9.84 Å². The normalized spacial score (nSPS) is 10.7. The molecule has 4 heteroatoms. The van der Waals surface area contributed by atoms with E-state index in [0.717, 1.165) is 18.5 Å². The standard InChI is InChI=1S/C14H21NO3/c1-3-8-15(9-10-16)11-12-6-4-5-7-13(12)14(17)18-2/h4-7,16H,3,8-11H2,1-2H3. The lowest BCUT2D eigenvalue weighted by Crippen LogP contribution is -2.28. The average Bonchev–Trinajstić information content (AvgIpc) is 2.39. The van der Waals surface area contributed by atoms with Gasteiger partial charge in [-0.15, -0.1) is 0 Å². The van der Waals surface area contributed by atoms with Crippen molar-refractivity contribution in [2.24, 2.45) is 0 Å². The van der Waals surface area contributed by atoms with E-state index in [2.05, 4.69) is 11.8 Å². The highest BCUT2D eigenvalue weighted by atomic mass is 16.5. The third-order valence-corrected chi connectivity index (χ3v) is 2.77. The van der Waals surface area contributed by atoms with Crippen LogP contribution in [0, 0.1) is 0 Å². The second-order valence-electron chi connectivity index (χ2n) is 4.15. The number of aliphatic hydroxyl groups is 1. The van der Waals surface area contributed by atoms with Crippen LogP contribution in [0.15, 0.2) is 24.3 Å². The number of aliphatic hydroxyl groups excluding tert-OH is 1. The van der Waals surface area contributed by atoms with E-state index >= 15 is 0 Å². The molecule has 0 heterocycles. The van der Waals surface area contributed by atoms with Crippen molar-refractivity contribution >= 4 is 5.97 Å². The van der Waals surface area contributed by atoms with Crippen LogP contribution in [0.3, 0.4) is 0 Å². The highest BCUT2D eigenvalue weighted by Gasteiger charge is 2.13. The Morgan fingerprint density at radius 3 is 2.67 bits per heavy atom. The first-order chi connectivity index (χ1) is 8.72. The number of ether oxygens (including phenoxy) is 1. The number of carbonyl (C=O) groups excluding carboxylic acids is 1. The van der Waals surface area contributed by atoms with Crippen LogP contribution >= 0.6 is 0 Å². The van der Waals surface area contributed by atoms with E-state index in [1.165, 1.54) is 7.11 Å². The van der Waals surface area contributed by atoms with Crippen molar-refractivity contribution in [3.05, 3.63) is 35.4 Å². The summed E-state index contributed by atoms with van der Waals surface area (Å²) < 4.78 is 4.77. The van der Waals surface area contributed by atoms with Gasteiger partial charge < -0.3 is 9.84 Å². The molecule has 18 heavy (non-hydrogen) atoms. The summed E-state index contributed by atoms with van der Waals surface area (Å²) in [5.74, 6) is -0.314. The van der Waals surface area contributed by atoms with Crippen molar-refractivity contribution in [1.29, 1.82) is 0 Å². The van der Waals surface area contributed by atoms with Gasteiger partial charge in [0, 0.05) is 13.1 Å². The van der Waals surface area contributed by atoms with E-state index in [-0.39, 0.29) is 12.6 Å². The Morgan fingerprint density at radius 1 is 1.33 bits per heavy atom. The fourth-order valence-corrected chi connectivity index (χ4v) is 1.94. The van der Waals surface area contributed by atoms with E-state index in [1.807, 2.05) is 18.2 Å². The minimum atomic E-state index is -0.314. The Labute approximate surface area is 108 Å². The molecule has 1 aromatic carbocycles. The van der Waals surface area contributed by atoms with Gasteiger partial charge in [0.15, 0.2) is 0 Å². The lowest BCUT2D eigenvalue weighted by molar-refractivity contribution is 0.0598. The van der Waals surface area contributed by atoms with Crippen LogP contribution < -0.4 is 0 Å². The van der Waals surface area contributed by atoms with Crippen molar-refractivity contribution < 1.29 is 14.6 Å². The molecule has 0 amide bonds. The van der Waals surface area contributed by atoms with E-state index in [1.54, 1.807) is 6.07 Å². The maximum atomic E-state index is 11.6. The summed E-state index contributed by atoms with van der Waals surface area (Å²) in [5.41, 5.74) is 1.53. The van der Waals surface area contributed by atoms with Crippen molar-refractivity contribution in [2.45, 2.75) is 19.9 Å². The molecule has 0 aliphatic carbocycles. The molecule has 0 fully saturated rings. The van der Waals surface area contributed by atoms with Gasteiger partial charge in [-0.3, -0.25) is 4.90 Å². The van der Waals surface area contributed by atoms with Crippen LogP contribution in [-0.4, -0.2) is 42.8 Å². The first kappa shape index (κ1) is 14.7. The monoisotopic (exact) mass is 251 g/mol. The lowest BCUT2D eigenvalue weighted by Gasteiger charge is -2.21. The van der Waals surface area contributed by atoms with Crippen molar-refractivity contribution in [1.82, 2.24) is 4.90 Å². The lowest BCUT2D eigenvalue weighted by atomic mass is 10.1. The smallest absolute Gasteiger partial charge is 0.338 e. The molecule has 0 unspecified atom stereocenters. The molecular weight excluding hydrogens is 230 g/mol. The first-order valence-electron chi connectivity index (χ1n) is 6.22. The quantitative estimate of drug-likeness (QED) is 0.749. The summed E-state index contributed by atoms with van der Waals surface area (Å²) in [7, 11) is 1.39. The molecule has 0 saturated heterocycles. The van der Waals surface area contributed by atoms with Crippen LogP contribution in [0.1, 0.15) is 29.3 Å². The minimum absolute atomic E-state index is 0.125. The van der Waals surface area contributed by atoms with Crippen LogP contribution in [0.2, 0.25) is 0 Å². The highest BCUT2D eigenvalue weighted by molar-refractivity contribution is 5.90. The third-order valence-electron chi connectivity index (χ3n) is 2.77. The molecule has 0 bridgehead atoms.